The third kappa shape index (κ3) is 5.90. The van der Waals surface area contributed by atoms with Gasteiger partial charge in [-0.05, 0) is 41.8 Å². The van der Waals surface area contributed by atoms with Crippen LogP contribution in [0.2, 0.25) is 10.0 Å². The Labute approximate surface area is 176 Å². The number of ether oxygens (including phenoxy) is 2. The number of rotatable bonds is 9. The van der Waals surface area contributed by atoms with Gasteiger partial charge in [0.2, 0.25) is 0 Å². The molecule has 3 aromatic carbocycles. The fraction of sp³-hybridized carbons (Fsp3) is 0.217. The molecule has 0 atom stereocenters. The average molecular weight is 416 g/mol. The van der Waals surface area contributed by atoms with Crippen LogP contribution in [0.15, 0.2) is 66.7 Å². The Kier molecular flexibility index (Phi) is 7.61. The van der Waals surface area contributed by atoms with E-state index in [4.69, 9.17) is 32.7 Å². The van der Waals surface area contributed by atoms with Crippen molar-refractivity contribution < 1.29 is 9.47 Å². The maximum atomic E-state index is 6.49. The summed E-state index contributed by atoms with van der Waals surface area (Å²) in [5.74, 6) is 1.32. The first-order chi connectivity index (χ1) is 13.7. The van der Waals surface area contributed by atoms with Gasteiger partial charge in [-0.15, -0.1) is 0 Å². The van der Waals surface area contributed by atoms with E-state index in [1.807, 2.05) is 61.5 Å². The molecule has 0 heterocycles. The van der Waals surface area contributed by atoms with Crippen LogP contribution in [-0.4, -0.2) is 6.61 Å². The number of hydrogen-bond acceptors (Lipinski definition) is 3. The summed E-state index contributed by atoms with van der Waals surface area (Å²) >= 11 is 12.4. The maximum absolute atomic E-state index is 6.49. The van der Waals surface area contributed by atoms with Crippen molar-refractivity contribution in [2.45, 2.75) is 26.6 Å². The summed E-state index contributed by atoms with van der Waals surface area (Å²) < 4.78 is 11.7. The van der Waals surface area contributed by atoms with Crippen LogP contribution in [0.1, 0.15) is 23.6 Å². The zero-order valence-corrected chi connectivity index (χ0v) is 17.3. The molecule has 0 aliphatic rings. The van der Waals surface area contributed by atoms with Crippen LogP contribution in [0.5, 0.6) is 11.5 Å². The highest BCUT2D eigenvalue weighted by molar-refractivity contribution is 6.31. The second kappa shape index (κ2) is 10.4. The van der Waals surface area contributed by atoms with Gasteiger partial charge >= 0.3 is 0 Å². The summed E-state index contributed by atoms with van der Waals surface area (Å²) in [5.41, 5.74) is 3.23. The topological polar surface area (TPSA) is 30.5 Å². The number of halogens is 2. The summed E-state index contributed by atoms with van der Waals surface area (Å²) in [6.07, 6.45) is 0. The van der Waals surface area contributed by atoms with E-state index in [9.17, 15) is 0 Å². The molecule has 3 aromatic rings. The second-order valence-corrected chi connectivity index (χ2v) is 7.17. The third-order valence-corrected chi connectivity index (χ3v) is 4.81. The van der Waals surface area contributed by atoms with E-state index in [2.05, 4.69) is 17.4 Å². The lowest BCUT2D eigenvalue weighted by Crippen LogP contribution is -2.13. The summed E-state index contributed by atoms with van der Waals surface area (Å²) in [5, 5.41) is 4.77. The van der Waals surface area contributed by atoms with Crippen LogP contribution < -0.4 is 14.8 Å². The Bertz CT molecular complexity index is 883. The molecule has 146 valence electrons. The molecule has 0 fully saturated rings. The van der Waals surface area contributed by atoms with E-state index in [1.54, 1.807) is 0 Å². The Morgan fingerprint density at radius 3 is 2.21 bits per heavy atom. The van der Waals surface area contributed by atoms with Crippen LogP contribution in [0.3, 0.4) is 0 Å². The molecule has 0 aromatic heterocycles. The van der Waals surface area contributed by atoms with E-state index < -0.39 is 0 Å². The number of hydrogen-bond donors (Lipinski definition) is 1. The molecule has 0 bridgehead atoms. The van der Waals surface area contributed by atoms with Gasteiger partial charge in [0.1, 0.15) is 6.61 Å². The molecule has 5 heteroatoms. The highest BCUT2D eigenvalue weighted by Crippen LogP contribution is 2.34. The molecule has 0 radical (unpaired) electrons. The van der Waals surface area contributed by atoms with Gasteiger partial charge in [0.25, 0.3) is 0 Å². The van der Waals surface area contributed by atoms with Crippen LogP contribution in [0.4, 0.5) is 0 Å². The summed E-state index contributed by atoms with van der Waals surface area (Å²) in [7, 11) is 0. The van der Waals surface area contributed by atoms with E-state index in [0.717, 1.165) is 17.7 Å². The fourth-order valence-corrected chi connectivity index (χ4v) is 3.12. The van der Waals surface area contributed by atoms with Crippen molar-refractivity contribution >= 4 is 23.2 Å². The van der Waals surface area contributed by atoms with Gasteiger partial charge in [-0.3, -0.25) is 0 Å². The van der Waals surface area contributed by atoms with Crippen LogP contribution in [0.25, 0.3) is 0 Å². The largest absolute Gasteiger partial charge is 0.490 e. The lowest BCUT2D eigenvalue weighted by Gasteiger charge is -2.15. The van der Waals surface area contributed by atoms with Crippen molar-refractivity contribution in [2.24, 2.45) is 0 Å². The standard InChI is InChI=1S/C23H23Cl2NO2/c1-2-27-22-12-19(15-26-14-17-6-4-3-5-7-17)21(25)13-23(22)28-16-18-8-10-20(24)11-9-18/h3-13,26H,2,14-16H2,1H3. The molecule has 0 aliphatic heterocycles. The average Bonchev–Trinajstić information content (AvgIpc) is 2.71. The minimum atomic E-state index is 0.416. The van der Waals surface area contributed by atoms with Crippen LogP contribution in [0, 0.1) is 0 Å². The van der Waals surface area contributed by atoms with E-state index in [0.29, 0.717) is 41.3 Å². The molecule has 0 amide bonds. The van der Waals surface area contributed by atoms with Crippen molar-refractivity contribution in [3.63, 3.8) is 0 Å². The first-order valence-electron chi connectivity index (χ1n) is 9.23. The summed E-state index contributed by atoms with van der Waals surface area (Å²) in [6.45, 7) is 4.33. The number of nitrogens with one attached hydrogen (secondary N) is 1. The monoisotopic (exact) mass is 415 g/mol. The quantitative estimate of drug-likeness (QED) is 0.447. The highest BCUT2D eigenvalue weighted by Gasteiger charge is 2.11. The zero-order chi connectivity index (χ0) is 19.8. The predicted octanol–water partition coefficient (Wildman–Crippen LogP) is 6.26. The van der Waals surface area contributed by atoms with Gasteiger partial charge in [0.05, 0.1) is 6.61 Å². The SMILES string of the molecule is CCOc1cc(CNCc2ccccc2)c(Cl)cc1OCc1ccc(Cl)cc1. The van der Waals surface area contributed by atoms with Crippen molar-refractivity contribution in [3.8, 4) is 11.5 Å². The van der Waals surface area contributed by atoms with Crippen LogP contribution >= 0.6 is 23.2 Å². The van der Waals surface area contributed by atoms with Crippen molar-refractivity contribution in [2.75, 3.05) is 6.61 Å². The van der Waals surface area contributed by atoms with Gasteiger partial charge in [0, 0.05) is 29.2 Å². The molecular weight excluding hydrogens is 393 g/mol. The summed E-state index contributed by atoms with van der Waals surface area (Å²) in [6, 6.07) is 21.6. The first kappa shape index (κ1) is 20.5. The Morgan fingerprint density at radius 1 is 0.786 bits per heavy atom. The van der Waals surface area contributed by atoms with Gasteiger partial charge in [-0.2, -0.15) is 0 Å². The highest BCUT2D eigenvalue weighted by atomic mass is 35.5. The maximum Gasteiger partial charge on any atom is 0.163 e. The molecule has 3 rings (SSSR count). The Balaban J connectivity index is 1.67. The van der Waals surface area contributed by atoms with Gasteiger partial charge in [0.15, 0.2) is 11.5 Å². The van der Waals surface area contributed by atoms with Crippen LogP contribution in [-0.2, 0) is 19.7 Å². The van der Waals surface area contributed by atoms with Crippen molar-refractivity contribution in [1.82, 2.24) is 5.32 Å². The van der Waals surface area contributed by atoms with Crippen molar-refractivity contribution in [3.05, 3.63) is 93.5 Å². The summed E-state index contributed by atoms with van der Waals surface area (Å²) in [4.78, 5) is 0. The Hall–Kier alpha value is -2.20. The van der Waals surface area contributed by atoms with E-state index in [1.165, 1.54) is 5.56 Å². The third-order valence-electron chi connectivity index (χ3n) is 4.21. The molecule has 0 saturated heterocycles. The fourth-order valence-electron chi connectivity index (χ4n) is 2.77. The molecule has 0 saturated carbocycles. The smallest absolute Gasteiger partial charge is 0.163 e. The molecule has 28 heavy (non-hydrogen) atoms. The van der Waals surface area contributed by atoms with E-state index >= 15 is 0 Å². The predicted molar refractivity (Wildman–Crippen MR) is 115 cm³/mol. The minimum absolute atomic E-state index is 0.416. The molecule has 0 unspecified atom stereocenters. The van der Waals surface area contributed by atoms with Gasteiger partial charge in [-0.1, -0.05) is 65.7 Å². The normalized spacial score (nSPS) is 10.7. The Morgan fingerprint density at radius 2 is 1.50 bits per heavy atom. The molecule has 3 nitrogen and oxygen atoms in total. The molecule has 1 N–H and O–H groups in total. The molecular formula is C23H23Cl2NO2. The van der Waals surface area contributed by atoms with Gasteiger partial charge in [-0.25, -0.2) is 0 Å². The number of benzene rings is 3. The first-order valence-corrected chi connectivity index (χ1v) is 9.98. The zero-order valence-electron chi connectivity index (χ0n) is 15.8. The van der Waals surface area contributed by atoms with Gasteiger partial charge < -0.3 is 14.8 Å². The lowest BCUT2D eigenvalue weighted by atomic mass is 10.1. The molecule has 0 aliphatic carbocycles. The lowest BCUT2D eigenvalue weighted by molar-refractivity contribution is 0.269. The second-order valence-electron chi connectivity index (χ2n) is 6.33. The molecule has 0 spiro atoms. The minimum Gasteiger partial charge on any atom is -0.490 e. The van der Waals surface area contributed by atoms with Crippen molar-refractivity contribution in [1.29, 1.82) is 0 Å². The van der Waals surface area contributed by atoms with E-state index in [-0.39, 0.29) is 0 Å².